The van der Waals surface area contributed by atoms with Gasteiger partial charge in [-0.2, -0.15) is 4.98 Å². The van der Waals surface area contributed by atoms with E-state index in [1.54, 1.807) is 0 Å². The van der Waals surface area contributed by atoms with Crippen LogP contribution in [0.25, 0.3) is 0 Å². The Morgan fingerprint density at radius 3 is 2.79 bits per heavy atom. The van der Waals surface area contributed by atoms with Crippen molar-refractivity contribution in [1.82, 2.24) is 9.55 Å². The molecule has 1 aromatic heterocycles. The number of nitrogens with zero attached hydrogens (tertiary/aromatic N) is 2. The van der Waals surface area contributed by atoms with Gasteiger partial charge < -0.3 is 20.1 Å². The fourth-order valence-corrected chi connectivity index (χ4v) is 1.88. The summed E-state index contributed by atoms with van der Waals surface area (Å²) in [6.07, 6.45) is -3.28. The third-order valence-corrected chi connectivity index (χ3v) is 2.83. The minimum absolute atomic E-state index is 0.204. The molecule has 106 valence electrons. The molecule has 1 aliphatic rings. The van der Waals surface area contributed by atoms with Crippen LogP contribution in [0.3, 0.4) is 0 Å². The lowest BCUT2D eigenvalue weighted by Crippen LogP contribution is -2.36. The third kappa shape index (κ3) is 2.60. The monoisotopic (exact) mass is 273 g/mol. The summed E-state index contributed by atoms with van der Waals surface area (Å²) in [6, 6.07) is 1.44. The van der Waals surface area contributed by atoms with Crippen molar-refractivity contribution < 1.29 is 24.9 Å². The molecule has 9 nitrogen and oxygen atoms in total. The van der Waals surface area contributed by atoms with Crippen LogP contribution in [0.2, 0.25) is 0 Å². The van der Waals surface area contributed by atoms with Gasteiger partial charge in [0.15, 0.2) is 12.0 Å². The highest BCUT2D eigenvalue weighted by Gasteiger charge is 2.43. The van der Waals surface area contributed by atoms with Crippen LogP contribution in [0.15, 0.2) is 17.1 Å². The first kappa shape index (κ1) is 13.9. The van der Waals surface area contributed by atoms with E-state index in [-0.39, 0.29) is 5.82 Å². The minimum atomic E-state index is -1.32. The molecule has 0 unspecified atom stereocenters. The van der Waals surface area contributed by atoms with Gasteiger partial charge in [-0.3, -0.25) is 9.40 Å². The Hall–Kier alpha value is -1.52. The largest absolute Gasteiger partial charge is 0.394 e. The number of rotatable bonds is 4. The molecule has 19 heavy (non-hydrogen) atoms. The van der Waals surface area contributed by atoms with Crippen LogP contribution < -0.4 is 11.2 Å². The lowest BCUT2D eigenvalue weighted by atomic mass is 10.1. The van der Waals surface area contributed by atoms with Crippen molar-refractivity contribution in [3.63, 3.8) is 0 Å². The molecule has 4 N–H and O–H groups in total. The molecule has 0 bridgehead atoms. The second-order valence-corrected chi connectivity index (χ2v) is 4.04. The Kier molecular flexibility index (Phi) is 4.12. The number of aliphatic hydroxyl groups excluding tert-OH is 3. The van der Waals surface area contributed by atoms with Gasteiger partial charge in [0.05, 0.1) is 13.7 Å². The maximum absolute atomic E-state index is 11.8. The molecule has 1 fully saturated rings. The topological polar surface area (TPSA) is 126 Å². The molecule has 1 aliphatic heterocycles. The Bertz CT molecular complexity index is 492. The van der Waals surface area contributed by atoms with Crippen molar-refractivity contribution in [3.8, 4) is 0 Å². The van der Waals surface area contributed by atoms with Crippen LogP contribution in [0.1, 0.15) is 6.23 Å². The zero-order valence-electron chi connectivity index (χ0n) is 10.1. The number of aromatic nitrogens is 2. The molecule has 1 saturated heterocycles. The van der Waals surface area contributed by atoms with Crippen molar-refractivity contribution >= 4 is 5.82 Å². The summed E-state index contributed by atoms with van der Waals surface area (Å²) in [5.74, 6) is 0.204. The zero-order chi connectivity index (χ0) is 14.0. The molecule has 9 heteroatoms. The van der Waals surface area contributed by atoms with E-state index in [2.05, 4.69) is 15.3 Å². The van der Waals surface area contributed by atoms with Crippen molar-refractivity contribution in [1.29, 1.82) is 0 Å². The van der Waals surface area contributed by atoms with E-state index in [0.29, 0.717) is 0 Å². The van der Waals surface area contributed by atoms with Gasteiger partial charge >= 0.3 is 5.69 Å². The van der Waals surface area contributed by atoms with Crippen LogP contribution in [0, 0.1) is 0 Å². The van der Waals surface area contributed by atoms with Crippen LogP contribution in [-0.2, 0) is 9.57 Å². The SMILES string of the molecule is CONc1ccn([C@@H]2O[C@@H](CO)[C@@H](O)[C@@H]2O)c(=O)n1. The first-order valence-corrected chi connectivity index (χ1v) is 5.59. The van der Waals surface area contributed by atoms with Gasteiger partial charge in [-0.15, -0.1) is 0 Å². The van der Waals surface area contributed by atoms with Crippen LogP contribution >= 0.6 is 0 Å². The number of nitrogens with one attached hydrogen (secondary N) is 1. The highest BCUT2D eigenvalue weighted by Crippen LogP contribution is 2.27. The van der Waals surface area contributed by atoms with Crippen molar-refractivity contribution in [2.24, 2.45) is 0 Å². The van der Waals surface area contributed by atoms with Gasteiger partial charge in [-0.05, 0) is 6.07 Å². The first-order valence-electron chi connectivity index (χ1n) is 5.59. The molecule has 0 radical (unpaired) electrons. The van der Waals surface area contributed by atoms with E-state index in [0.717, 1.165) is 4.57 Å². The second-order valence-electron chi connectivity index (χ2n) is 4.04. The minimum Gasteiger partial charge on any atom is -0.394 e. The van der Waals surface area contributed by atoms with Gasteiger partial charge in [0.2, 0.25) is 0 Å². The first-order chi connectivity index (χ1) is 9.08. The summed E-state index contributed by atoms with van der Waals surface area (Å²) in [7, 11) is 1.37. The fourth-order valence-electron chi connectivity index (χ4n) is 1.88. The number of hydrogen-bond donors (Lipinski definition) is 4. The van der Waals surface area contributed by atoms with Gasteiger partial charge in [-0.25, -0.2) is 10.3 Å². The molecular weight excluding hydrogens is 258 g/mol. The van der Waals surface area contributed by atoms with Gasteiger partial charge in [-0.1, -0.05) is 0 Å². The van der Waals surface area contributed by atoms with Crippen molar-refractivity contribution in [3.05, 3.63) is 22.7 Å². The molecule has 0 saturated carbocycles. The van der Waals surface area contributed by atoms with Gasteiger partial charge in [0, 0.05) is 6.20 Å². The number of hydrogen-bond acceptors (Lipinski definition) is 8. The van der Waals surface area contributed by atoms with E-state index < -0.39 is 36.8 Å². The molecule has 2 heterocycles. The second kappa shape index (κ2) is 5.63. The van der Waals surface area contributed by atoms with Crippen LogP contribution in [-0.4, -0.2) is 56.9 Å². The number of ether oxygens (including phenoxy) is 1. The van der Waals surface area contributed by atoms with Gasteiger partial charge in [0.1, 0.15) is 18.3 Å². The van der Waals surface area contributed by atoms with Crippen LogP contribution in [0.4, 0.5) is 5.82 Å². The van der Waals surface area contributed by atoms with E-state index in [1.807, 2.05) is 0 Å². The third-order valence-electron chi connectivity index (χ3n) is 2.83. The Morgan fingerprint density at radius 2 is 2.26 bits per heavy atom. The molecule has 0 aliphatic carbocycles. The lowest BCUT2D eigenvalue weighted by molar-refractivity contribution is -0.0549. The molecule has 2 rings (SSSR count). The molecule has 0 amide bonds. The highest BCUT2D eigenvalue weighted by molar-refractivity contribution is 5.28. The van der Waals surface area contributed by atoms with E-state index in [4.69, 9.17) is 9.84 Å². The molecule has 1 aromatic rings. The Labute approximate surface area is 108 Å². The average molecular weight is 273 g/mol. The van der Waals surface area contributed by atoms with Crippen molar-refractivity contribution in [2.45, 2.75) is 24.5 Å². The molecule has 4 atom stereocenters. The van der Waals surface area contributed by atoms with Gasteiger partial charge in [0.25, 0.3) is 0 Å². The Balaban J connectivity index is 2.25. The molecule has 0 spiro atoms. The molecular formula is C10H15N3O6. The predicted octanol–water partition coefficient (Wildman–Crippen LogP) is -2.17. The summed E-state index contributed by atoms with van der Waals surface area (Å²) in [4.78, 5) is 20.0. The Morgan fingerprint density at radius 1 is 1.53 bits per heavy atom. The van der Waals surface area contributed by atoms with E-state index in [9.17, 15) is 15.0 Å². The maximum atomic E-state index is 11.8. The standard InChI is InChI=1S/C10H15N3O6/c1-18-12-6-2-3-13(10(17)11-6)9-8(16)7(15)5(4-14)19-9/h2-3,5,7-9,14-16H,4H2,1H3,(H,11,12,17)/t5-,7+,8-,9+/m0/s1. The summed E-state index contributed by atoms with van der Waals surface area (Å²) in [6.45, 7) is -0.458. The summed E-state index contributed by atoms with van der Waals surface area (Å²) in [5, 5.41) is 28.4. The maximum Gasteiger partial charge on any atom is 0.351 e. The van der Waals surface area contributed by atoms with E-state index in [1.165, 1.54) is 19.4 Å². The quantitative estimate of drug-likeness (QED) is 0.456. The highest BCUT2D eigenvalue weighted by atomic mass is 16.6. The number of aliphatic hydroxyl groups is 3. The summed E-state index contributed by atoms with van der Waals surface area (Å²) in [5.41, 5.74) is 1.71. The fraction of sp³-hybridized carbons (Fsp3) is 0.600. The smallest absolute Gasteiger partial charge is 0.351 e. The summed E-state index contributed by atoms with van der Waals surface area (Å²) >= 11 is 0. The predicted molar refractivity (Wildman–Crippen MR) is 62.1 cm³/mol. The zero-order valence-corrected chi connectivity index (χ0v) is 10.1. The number of anilines is 1. The summed E-state index contributed by atoms with van der Waals surface area (Å²) < 4.78 is 6.26. The van der Waals surface area contributed by atoms with Crippen molar-refractivity contribution in [2.75, 3.05) is 19.2 Å². The lowest BCUT2D eigenvalue weighted by Gasteiger charge is -2.17. The molecule has 0 aromatic carbocycles. The van der Waals surface area contributed by atoms with Crippen LogP contribution in [0.5, 0.6) is 0 Å². The normalized spacial score (nSPS) is 30.5. The average Bonchev–Trinajstić information content (AvgIpc) is 2.67. The van der Waals surface area contributed by atoms with E-state index >= 15 is 0 Å².